The van der Waals surface area contributed by atoms with Crippen LogP contribution in [0.4, 0.5) is 9.80 Å². The first-order chi connectivity index (χ1) is 8.06. The van der Waals surface area contributed by atoms with Crippen LogP contribution in [0.1, 0.15) is 30.1 Å². The summed E-state index contributed by atoms with van der Waals surface area (Å²) >= 11 is 0.823. The van der Waals surface area contributed by atoms with Crippen molar-refractivity contribution in [3.05, 3.63) is 5.56 Å². The minimum Gasteiger partial charge on any atom is -0.476 e. The summed E-state index contributed by atoms with van der Waals surface area (Å²) in [6.07, 6.45) is 0.476. The lowest BCUT2D eigenvalue weighted by molar-refractivity contribution is 0.0997. The molecule has 1 rings (SSSR count). The lowest BCUT2D eigenvalue weighted by atomic mass is 10.3. The third kappa shape index (κ3) is 3.59. The van der Waals surface area contributed by atoms with E-state index in [-0.39, 0.29) is 16.4 Å². The normalized spacial score (nSPS) is 9.94. The summed E-state index contributed by atoms with van der Waals surface area (Å²) in [5, 5.41) is 10.7. The molecule has 4 N–H and O–H groups in total. The fraction of sp³-hybridized carbons (Fsp3) is 0.444. The minimum absolute atomic E-state index is 0.0199. The maximum Gasteiger partial charge on any atom is 0.409 e. The summed E-state index contributed by atoms with van der Waals surface area (Å²) in [7, 11) is 0. The van der Waals surface area contributed by atoms with Crippen LogP contribution >= 0.6 is 11.5 Å². The lowest BCUT2D eigenvalue weighted by Gasteiger charge is -2.03. The number of unbranched alkanes of at least 4 members (excludes halogenated alkanes) is 1. The van der Waals surface area contributed by atoms with Crippen LogP contribution in [0.3, 0.4) is 0 Å². The second-order valence-corrected chi connectivity index (χ2v) is 3.96. The van der Waals surface area contributed by atoms with Gasteiger partial charge in [0.05, 0.1) is 6.61 Å². The van der Waals surface area contributed by atoms with Crippen LogP contribution in [0.15, 0.2) is 0 Å². The summed E-state index contributed by atoms with van der Waals surface area (Å²) in [6, 6.07) is 0. The van der Waals surface area contributed by atoms with Gasteiger partial charge in [0.1, 0.15) is 10.6 Å². The van der Waals surface area contributed by atoms with Gasteiger partial charge in [0.25, 0.3) is 5.91 Å². The first kappa shape index (κ1) is 13.2. The number of nitrogens with one attached hydrogen (secondary N) is 1. The smallest absolute Gasteiger partial charge is 0.409 e. The van der Waals surface area contributed by atoms with Gasteiger partial charge >= 0.3 is 6.09 Å². The predicted octanol–water partition coefficient (Wildman–Crippen LogP) is 1.51. The van der Waals surface area contributed by atoms with Crippen molar-refractivity contribution in [2.75, 3.05) is 11.9 Å². The number of nitrogens with two attached hydrogens (primary N) is 1. The molecule has 1 aromatic heterocycles. The van der Waals surface area contributed by atoms with Crippen molar-refractivity contribution in [1.29, 1.82) is 0 Å². The van der Waals surface area contributed by atoms with Crippen molar-refractivity contribution < 1.29 is 19.4 Å². The molecule has 0 atom stereocenters. The van der Waals surface area contributed by atoms with Gasteiger partial charge in [-0.3, -0.25) is 10.1 Å². The SMILES string of the molecule is CCCCOc1nsc(NC(=O)O)c1C(N)=O. The van der Waals surface area contributed by atoms with Crippen molar-refractivity contribution >= 4 is 28.5 Å². The Morgan fingerprint density at radius 3 is 2.82 bits per heavy atom. The Bertz CT molecular complexity index is 418. The Hall–Kier alpha value is -1.83. The topological polar surface area (TPSA) is 115 Å². The van der Waals surface area contributed by atoms with Gasteiger partial charge in [-0.1, -0.05) is 13.3 Å². The molecule has 0 aliphatic rings. The van der Waals surface area contributed by atoms with Gasteiger partial charge in [0.2, 0.25) is 5.88 Å². The van der Waals surface area contributed by atoms with E-state index >= 15 is 0 Å². The molecular formula is C9H13N3O4S. The van der Waals surface area contributed by atoms with E-state index in [0.29, 0.717) is 6.61 Å². The molecule has 0 saturated carbocycles. The number of anilines is 1. The largest absolute Gasteiger partial charge is 0.476 e. The molecule has 0 aromatic carbocycles. The van der Waals surface area contributed by atoms with E-state index < -0.39 is 12.0 Å². The summed E-state index contributed by atoms with van der Waals surface area (Å²) in [5.41, 5.74) is 5.13. The maximum absolute atomic E-state index is 11.2. The summed E-state index contributed by atoms with van der Waals surface area (Å²) in [5.74, 6) is -0.686. The highest BCUT2D eigenvalue weighted by molar-refractivity contribution is 7.11. The van der Waals surface area contributed by atoms with Crippen LogP contribution in [0, 0.1) is 0 Å². The molecular weight excluding hydrogens is 246 g/mol. The third-order valence-electron chi connectivity index (χ3n) is 1.86. The highest BCUT2D eigenvalue weighted by atomic mass is 32.1. The number of amides is 2. The Kier molecular flexibility index (Phi) is 4.70. The van der Waals surface area contributed by atoms with Gasteiger partial charge in [-0.25, -0.2) is 4.79 Å². The molecule has 94 valence electrons. The number of carbonyl (C=O) groups is 2. The number of carboxylic acid groups (broad SMARTS) is 1. The molecule has 8 heteroatoms. The molecule has 17 heavy (non-hydrogen) atoms. The summed E-state index contributed by atoms with van der Waals surface area (Å²) < 4.78 is 9.12. The fourth-order valence-electron chi connectivity index (χ4n) is 1.09. The third-order valence-corrected chi connectivity index (χ3v) is 2.61. The number of nitrogens with zero attached hydrogens (tertiary/aromatic N) is 1. The molecule has 0 spiro atoms. The van der Waals surface area contributed by atoms with Crippen LogP contribution in [0.2, 0.25) is 0 Å². The maximum atomic E-state index is 11.2. The first-order valence-corrected chi connectivity index (χ1v) is 5.75. The molecule has 0 aliphatic heterocycles. The van der Waals surface area contributed by atoms with Gasteiger partial charge in [-0.05, 0) is 18.0 Å². The molecule has 2 amide bonds. The zero-order valence-corrected chi connectivity index (χ0v) is 10.0. The second-order valence-electron chi connectivity index (χ2n) is 3.19. The van der Waals surface area contributed by atoms with Crippen molar-refractivity contribution in [3.63, 3.8) is 0 Å². The van der Waals surface area contributed by atoms with Crippen molar-refractivity contribution in [2.24, 2.45) is 5.73 Å². The molecule has 1 aromatic rings. The van der Waals surface area contributed by atoms with Gasteiger partial charge in [-0.2, -0.15) is 4.37 Å². The number of hydrogen-bond acceptors (Lipinski definition) is 5. The number of rotatable bonds is 6. The van der Waals surface area contributed by atoms with E-state index in [4.69, 9.17) is 15.6 Å². The van der Waals surface area contributed by atoms with E-state index in [1.807, 2.05) is 6.92 Å². The monoisotopic (exact) mass is 259 g/mol. The van der Waals surface area contributed by atoms with E-state index in [2.05, 4.69) is 9.69 Å². The average molecular weight is 259 g/mol. The van der Waals surface area contributed by atoms with Crippen molar-refractivity contribution in [1.82, 2.24) is 4.37 Å². The number of primary amides is 1. The second kappa shape index (κ2) is 6.04. The Morgan fingerprint density at radius 2 is 2.29 bits per heavy atom. The van der Waals surface area contributed by atoms with E-state index in [1.165, 1.54) is 0 Å². The highest BCUT2D eigenvalue weighted by Crippen LogP contribution is 2.30. The predicted molar refractivity (Wildman–Crippen MR) is 62.7 cm³/mol. The quantitative estimate of drug-likeness (QED) is 0.670. The Labute approximate surface area is 102 Å². The number of ether oxygens (including phenoxy) is 1. The molecule has 0 bridgehead atoms. The Balaban J connectivity index is 2.86. The molecule has 0 unspecified atom stereocenters. The number of aromatic nitrogens is 1. The van der Waals surface area contributed by atoms with E-state index in [0.717, 1.165) is 24.4 Å². The van der Waals surface area contributed by atoms with Gasteiger partial charge < -0.3 is 15.6 Å². The average Bonchev–Trinajstić information content (AvgIpc) is 2.60. The first-order valence-electron chi connectivity index (χ1n) is 4.98. The zero-order chi connectivity index (χ0) is 12.8. The molecule has 0 radical (unpaired) electrons. The van der Waals surface area contributed by atoms with Crippen LogP contribution in [-0.4, -0.2) is 28.1 Å². The summed E-state index contributed by atoms with van der Waals surface area (Å²) in [6.45, 7) is 2.41. The van der Waals surface area contributed by atoms with Crippen LogP contribution in [0.25, 0.3) is 0 Å². The fourth-order valence-corrected chi connectivity index (χ4v) is 1.82. The van der Waals surface area contributed by atoms with Crippen molar-refractivity contribution in [2.45, 2.75) is 19.8 Å². The van der Waals surface area contributed by atoms with E-state index in [9.17, 15) is 9.59 Å². The van der Waals surface area contributed by atoms with Gasteiger partial charge in [0.15, 0.2) is 0 Å². The van der Waals surface area contributed by atoms with Gasteiger partial charge in [0, 0.05) is 0 Å². The minimum atomic E-state index is -1.28. The molecule has 0 saturated heterocycles. The van der Waals surface area contributed by atoms with E-state index in [1.54, 1.807) is 0 Å². The molecule has 1 heterocycles. The molecule has 7 nitrogen and oxygen atoms in total. The van der Waals surface area contributed by atoms with Gasteiger partial charge in [-0.15, -0.1) is 0 Å². The van der Waals surface area contributed by atoms with Crippen LogP contribution in [-0.2, 0) is 0 Å². The van der Waals surface area contributed by atoms with Crippen LogP contribution < -0.4 is 15.8 Å². The Morgan fingerprint density at radius 1 is 1.59 bits per heavy atom. The van der Waals surface area contributed by atoms with Crippen LogP contribution in [0.5, 0.6) is 5.88 Å². The standard InChI is InChI=1S/C9H13N3O4S/c1-2-3-4-16-7-5(6(10)13)8(17-12-7)11-9(14)15/h11H,2-4H2,1H3,(H2,10,13)(H,14,15). The highest BCUT2D eigenvalue weighted by Gasteiger charge is 2.21. The molecule has 0 fully saturated rings. The number of carbonyl (C=O) groups excluding carboxylic acids is 1. The molecule has 0 aliphatic carbocycles. The lowest BCUT2D eigenvalue weighted by Crippen LogP contribution is -2.16. The zero-order valence-electron chi connectivity index (χ0n) is 9.23. The summed E-state index contributed by atoms with van der Waals surface area (Å²) in [4.78, 5) is 21.7. The van der Waals surface area contributed by atoms with Crippen molar-refractivity contribution in [3.8, 4) is 5.88 Å². The number of hydrogen-bond donors (Lipinski definition) is 3.